The predicted molar refractivity (Wildman–Crippen MR) is 114 cm³/mol. The molecule has 1 aromatic heterocycles. The van der Waals surface area contributed by atoms with Gasteiger partial charge in [0.05, 0.1) is 12.4 Å². The van der Waals surface area contributed by atoms with E-state index < -0.39 is 5.69 Å². The number of nitrogens with zero attached hydrogens (tertiary/aromatic N) is 2. The van der Waals surface area contributed by atoms with E-state index in [1.807, 2.05) is 19.1 Å². The van der Waals surface area contributed by atoms with Crippen LogP contribution in [0.15, 0.2) is 58.5 Å². The molecule has 2 N–H and O–H groups in total. The fraction of sp³-hybridized carbons (Fsp3) is 0.200. The third-order valence-corrected chi connectivity index (χ3v) is 4.84. The molecule has 3 rings (SSSR count). The smallest absolute Gasteiger partial charge is 0.348 e. The van der Waals surface area contributed by atoms with Gasteiger partial charge in [-0.1, -0.05) is 35.5 Å². The predicted octanol–water partition coefficient (Wildman–Crippen LogP) is 3.54. The van der Waals surface area contributed by atoms with Gasteiger partial charge in [-0.15, -0.1) is 0 Å². The van der Waals surface area contributed by atoms with E-state index in [-0.39, 0.29) is 16.8 Å². The van der Waals surface area contributed by atoms with Crippen LogP contribution in [0.2, 0.25) is 5.02 Å². The number of halogens is 1. The van der Waals surface area contributed by atoms with Crippen molar-refractivity contribution in [3.63, 3.8) is 0 Å². The maximum absolute atomic E-state index is 12.2. The minimum Gasteiger partial charge on any atom is -0.494 e. The quantitative estimate of drug-likeness (QED) is 0.530. The zero-order valence-electron chi connectivity index (χ0n) is 15.6. The molecular formula is C20H19ClN4O3S. The maximum Gasteiger partial charge on any atom is 0.348 e. The van der Waals surface area contributed by atoms with E-state index in [4.69, 9.17) is 16.3 Å². The van der Waals surface area contributed by atoms with Gasteiger partial charge in [-0.2, -0.15) is 4.98 Å². The number of carbonyl (C=O) groups excluding carboxylic acids is 1. The van der Waals surface area contributed by atoms with E-state index in [0.29, 0.717) is 29.6 Å². The summed E-state index contributed by atoms with van der Waals surface area (Å²) >= 11 is 6.99. The molecule has 7 nitrogen and oxygen atoms in total. The number of hydrogen-bond acceptors (Lipinski definition) is 6. The van der Waals surface area contributed by atoms with Crippen molar-refractivity contribution >= 4 is 35.0 Å². The zero-order chi connectivity index (χ0) is 20.6. The van der Waals surface area contributed by atoms with Crippen molar-refractivity contribution in [2.75, 3.05) is 17.7 Å². The second kappa shape index (κ2) is 10.1. The molecule has 0 fully saturated rings. The summed E-state index contributed by atoms with van der Waals surface area (Å²) in [6.07, 6.45) is 0.431. The number of aromatic nitrogens is 3. The van der Waals surface area contributed by atoms with Crippen molar-refractivity contribution in [2.24, 2.45) is 0 Å². The number of rotatable bonds is 8. The molecule has 0 saturated carbocycles. The van der Waals surface area contributed by atoms with Crippen LogP contribution in [-0.2, 0) is 11.2 Å². The Kier molecular flexibility index (Phi) is 7.26. The van der Waals surface area contributed by atoms with Crippen molar-refractivity contribution in [2.45, 2.75) is 18.5 Å². The first-order valence-corrected chi connectivity index (χ1v) is 10.3. The van der Waals surface area contributed by atoms with Crippen LogP contribution in [-0.4, -0.2) is 33.2 Å². The number of nitrogens with one attached hydrogen (secondary N) is 2. The van der Waals surface area contributed by atoms with Crippen molar-refractivity contribution in [3.8, 4) is 5.75 Å². The van der Waals surface area contributed by atoms with Gasteiger partial charge in [-0.05, 0) is 48.9 Å². The van der Waals surface area contributed by atoms with Crippen molar-refractivity contribution in [1.29, 1.82) is 0 Å². The highest BCUT2D eigenvalue weighted by atomic mass is 35.5. The number of benzene rings is 2. The number of hydrogen-bond donors (Lipinski definition) is 2. The molecular weight excluding hydrogens is 412 g/mol. The summed E-state index contributed by atoms with van der Waals surface area (Å²) < 4.78 is 5.37. The summed E-state index contributed by atoms with van der Waals surface area (Å²) in [5.41, 5.74) is 1.11. The average molecular weight is 431 g/mol. The number of H-pyrrole nitrogens is 1. The zero-order valence-corrected chi connectivity index (χ0v) is 17.2. The molecule has 0 radical (unpaired) electrons. The molecule has 0 spiro atoms. The van der Waals surface area contributed by atoms with Crippen molar-refractivity contribution < 1.29 is 9.53 Å². The van der Waals surface area contributed by atoms with E-state index >= 15 is 0 Å². The number of thioether (sulfide) groups is 1. The molecule has 0 aliphatic carbocycles. The lowest BCUT2D eigenvalue weighted by atomic mass is 10.1. The minimum atomic E-state index is -0.501. The Morgan fingerprint density at radius 2 is 1.86 bits per heavy atom. The molecule has 0 bridgehead atoms. The second-order valence-corrected chi connectivity index (χ2v) is 7.36. The van der Waals surface area contributed by atoms with Crippen LogP contribution >= 0.6 is 23.4 Å². The van der Waals surface area contributed by atoms with Gasteiger partial charge in [0.1, 0.15) is 11.6 Å². The SMILES string of the molecule is CCOc1ccc(NC(=O)CSc2nc(Cc3ccc(Cl)cc3)[nH]c(=O)n2)cc1. The summed E-state index contributed by atoms with van der Waals surface area (Å²) in [6, 6.07) is 14.4. The normalized spacial score (nSPS) is 10.6. The molecule has 2 aromatic carbocycles. The lowest BCUT2D eigenvalue weighted by molar-refractivity contribution is -0.113. The van der Waals surface area contributed by atoms with Crippen molar-refractivity contribution in [1.82, 2.24) is 15.0 Å². The summed E-state index contributed by atoms with van der Waals surface area (Å²) in [6.45, 7) is 2.49. The van der Waals surface area contributed by atoms with Crippen LogP contribution in [0.1, 0.15) is 18.3 Å². The highest BCUT2D eigenvalue weighted by Gasteiger charge is 2.09. The summed E-state index contributed by atoms with van der Waals surface area (Å²) in [5.74, 6) is 1.07. The first-order chi connectivity index (χ1) is 14.0. The van der Waals surface area contributed by atoms with Crippen LogP contribution in [0, 0.1) is 0 Å². The van der Waals surface area contributed by atoms with Gasteiger partial charge in [0.15, 0.2) is 5.16 Å². The fourth-order valence-corrected chi connectivity index (χ4v) is 3.26. The number of carbonyl (C=O) groups is 1. The summed E-state index contributed by atoms with van der Waals surface area (Å²) in [4.78, 5) is 34.8. The Morgan fingerprint density at radius 1 is 1.14 bits per heavy atom. The molecule has 0 atom stereocenters. The van der Waals surface area contributed by atoms with Crippen LogP contribution in [0.4, 0.5) is 5.69 Å². The Labute approximate surface area is 176 Å². The highest BCUT2D eigenvalue weighted by molar-refractivity contribution is 7.99. The van der Waals surface area contributed by atoms with Gasteiger partial charge in [0, 0.05) is 17.1 Å². The molecule has 150 valence electrons. The number of anilines is 1. The van der Waals surface area contributed by atoms with Gasteiger partial charge in [0.2, 0.25) is 5.91 Å². The molecule has 0 unspecified atom stereocenters. The fourth-order valence-electron chi connectivity index (χ4n) is 2.48. The third-order valence-electron chi connectivity index (χ3n) is 3.75. The van der Waals surface area contributed by atoms with E-state index in [9.17, 15) is 9.59 Å². The van der Waals surface area contributed by atoms with Gasteiger partial charge in [-0.3, -0.25) is 9.78 Å². The van der Waals surface area contributed by atoms with Gasteiger partial charge in [0.25, 0.3) is 0 Å². The van der Waals surface area contributed by atoms with E-state index in [2.05, 4.69) is 20.3 Å². The van der Waals surface area contributed by atoms with Crippen LogP contribution in [0.5, 0.6) is 5.75 Å². The average Bonchev–Trinajstić information content (AvgIpc) is 2.70. The van der Waals surface area contributed by atoms with Crippen molar-refractivity contribution in [3.05, 3.63) is 75.4 Å². The topological polar surface area (TPSA) is 97.0 Å². The van der Waals surface area contributed by atoms with Gasteiger partial charge < -0.3 is 10.1 Å². The molecule has 0 aliphatic rings. The summed E-state index contributed by atoms with van der Waals surface area (Å²) in [7, 11) is 0. The molecule has 1 heterocycles. The summed E-state index contributed by atoms with van der Waals surface area (Å²) in [5, 5.41) is 3.67. The Morgan fingerprint density at radius 3 is 2.55 bits per heavy atom. The number of amides is 1. The third kappa shape index (κ3) is 6.62. The maximum atomic E-state index is 12.2. The van der Waals surface area contributed by atoms with Gasteiger partial charge in [-0.25, -0.2) is 9.78 Å². The van der Waals surface area contributed by atoms with E-state index in [1.54, 1.807) is 36.4 Å². The lowest BCUT2D eigenvalue weighted by Gasteiger charge is -2.07. The minimum absolute atomic E-state index is 0.0804. The van der Waals surface area contributed by atoms with Crippen LogP contribution in [0.25, 0.3) is 0 Å². The first-order valence-electron chi connectivity index (χ1n) is 8.89. The van der Waals surface area contributed by atoms with E-state index in [0.717, 1.165) is 23.1 Å². The Bertz CT molecular complexity index is 1020. The monoisotopic (exact) mass is 430 g/mol. The first kappa shape index (κ1) is 20.9. The van der Waals surface area contributed by atoms with E-state index in [1.165, 1.54) is 0 Å². The molecule has 0 aliphatic heterocycles. The number of aromatic amines is 1. The van der Waals surface area contributed by atoms with Crippen LogP contribution in [0.3, 0.4) is 0 Å². The molecule has 29 heavy (non-hydrogen) atoms. The molecule has 1 amide bonds. The highest BCUT2D eigenvalue weighted by Crippen LogP contribution is 2.17. The molecule has 3 aromatic rings. The Hall–Kier alpha value is -2.84. The Balaban J connectivity index is 1.58. The lowest BCUT2D eigenvalue weighted by Crippen LogP contribution is -2.18. The number of ether oxygens (including phenoxy) is 1. The largest absolute Gasteiger partial charge is 0.494 e. The standard InChI is InChI=1S/C20H19ClN4O3S/c1-2-28-16-9-7-15(8-10-16)22-18(26)12-29-20-24-17(23-19(27)25-20)11-13-3-5-14(21)6-4-13/h3-10H,2,11-12H2,1H3,(H,22,26)(H,23,24,25,27). The van der Waals surface area contributed by atoms with Crippen LogP contribution < -0.4 is 15.7 Å². The second-order valence-electron chi connectivity index (χ2n) is 5.98. The molecule has 0 saturated heterocycles. The molecule has 9 heteroatoms. The van der Waals surface area contributed by atoms with Gasteiger partial charge >= 0.3 is 5.69 Å².